The van der Waals surface area contributed by atoms with Gasteiger partial charge in [0.05, 0.1) is 11.5 Å². The van der Waals surface area contributed by atoms with Gasteiger partial charge in [0.2, 0.25) is 0 Å². The second-order valence-corrected chi connectivity index (χ2v) is 5.23. The van der Waals surface area contributed by atoms with E-state index in [9.17, 15) is 23.1 Å². The zero-order chi connectivity index (χ0) is 14.9. The second kappa shape index (κ2) is 5.52. The number of carbonyl (C=O) groups excluding carboxylic acids is 1. The van der Waals surface area contributed by atoms with Gasteiger partial charge in [-0.1, -0.05) is 11.6 Å². The van der Waals surface area contributed by atoms with Gasteiger partial charge in [0.25, 0.3) is 5.91 Å². The van der Waals surface area contributed by atoms with Crippen molar-refractivity contribution in [3.63, 3.8) is 0 Å². The maximum absolute atomic E-state index is 12.7. The lowest BCUT2D eigenvalue weighted by Crippen LogP contribution is -2.44. The largest absolute Gasteiger partial charge is 0.507 e. The lowest BCUT2D eigenvalue weighted by Gasteiger charge is -2.33. The first-order chi connectivity index (χ1) is 9.29. The number of piperidine rings is 1. The predicted octanol–water partition coefficient (Wildman–Crippen LogP) is 3.46. The van der Waals surface area contributed by atoms with Gasteiger partial charge in [-0.3, -0.25) is 4.79 Å². The molecule has 7 heteroatoms. The van der Waals surface area contributed by atoms with Crippen molar-refractivity contribution in [1.82, 2.24) is 4.90 Å². The number of alkyl halides is 3. The van der Waals surface area contributed by atoms with Gasteiger partial charge < -0.3 is 10.0 Å². The summed E-state index contributed by atoms with van der Waals surface area (Å²) in [6, 6.07) is 3.92. The third kappa shape index (κ3) is 3.17. The number of benzene rings is 1. The smallest absolute Gasteiger partial charge is 0.393 e. The maximum Gasteiger partial charge on any atom is 0.393 e. The van der Waals surface area contributed by atoms with Crippen LogP contribution in [-0.4, -0.2) is 35.2 Å². The van der Waals surface area contributed by atoms with E-state index >= 15 is 0 Å². The molecule has 1 unspecified atom stereocenters. The molecule has 1 heterocycles. The van der Waals surface area contributed by atoms with Gasteiger partial charge >= 0.3 is 6.18 Å². The Morgan fingerprint density at radius 1 is 1.40 bits per heavy atom. The summed E-state index contributed by atoms with van der Waals surface area (Å²) >= 11 is 5.74. The molecule has 1 atom stereocenters. The molecule has 1 aromatic rings. The number of rotatable bonds is 1. The summed E-state index contributed by atoms with van der Waals surface area (Å²) in [6.07, 6.45) is -4.00. The molecule has 0 spiro atoms. The lowest BCUT2D eigenvalue weighted by molar-refractivity contribution is -0.184. The topological polar surface area (TPSA) is 40.5 Å². The van der Waals surface area contributed by atoms with Crippen LogP contribution >= 0.6 is 11.6 Å². The molecule has 0 saturated carbocycles. The minimum Gasteiger partial charge on any atom is -0.507 e. The van der Waals surface area contributed by atoms with Crippen LogP contribution in [0, 0.1) is 5.92 Å². The van der Waals surface area contributed by atoms with E-state index in [4.69, 9.17) is 11.6 Å². The number of aromatic hydroxyl groups is 1. The molecule has 20 heavy (non-hydrogen) atoms. The van der Waals surface area contributed by atoms with Crippen LogP contribution in [0.1, 0.15) is 23.2 Å². The summed E-state index contributed by atoms with van der Waals surface area (Å²) in [4.78, 5) is 13.3. The molecule has 1 amide bonds. The Labute approximate surface area is 118 Å². The number of hydrogen-bond acceptors (Lipinski definition) is 2. The second-order valence-electron chi connectivity index (χ2n) is 4.79. The van der Waals surface area contributed by atoms with Gasteiger partial charge in [0, 0.05) is 18.1 Å². The molecule has 110 valence electrons. The predicted molar refractivity (Wildman–Crippen MR) is 67.8 cm³/mol. The summed E-state index contributed by atoms with van der Waals surface area (Å²) in [5.41, 5.74) is -0.0691. The summed E-state index contributed by atoms with van der Waals surface area (Å²) in [5.74, 6) is -2.42. The molecule has 0 radical (unpaired) electrons. The number of phenolic OH excluding ortho intramolecular Hbond substituents is 1. The Morgan fingerprint density at radius 2 is 2.10 bits per heavy atom. The fraction of sp³-hybridized carbons (Fsp3) is 0.462. The Kier molecular flexibility index (Phi) is 4.13. The molecule has 1 aromatic carbocycles. The van der Waals surface area contributed by atoms with Gasteiger partial charge in [-0.2, -0.15) is 13.2 Å². The molecule has 1 N–H and O–H groups in total. The number of amides is 1. The van der Waals surface area contributed by atoms with E-state index in [0.717, 1.165) is 4.90 Å². The third-order valence-corrected chi connectivity index (χ3v) is 3.60. The Balaban J connectivity index is 2.18. The fourth-order valence-electron chi connectivity index (χ4n) is 2.28. The van der Waals surface area contributed by atoms with Crippen molar-refractivity contribution in [3.05, 3.63) is 28.8 Å². The number of likely N-dealkylation sites (tertiary alicyclic amines) is 1. The maximum atomic E-state index is 12.7. The highest BCUT2D eigenvalue weighted by Crippen LogP contribution is 2.34. The minimum atomic E-state index is -4.31. The molecule has 0 aromatic heterocycles. The van der Waals surface area contributed by atoms with Crippen LogP contribution in [0.4, 0.5) is 13.2 Å². The van der Waals surface area contributed by atoms with E-state index in [1.165, 1.54) is 18.2 Å². The van der Waals surface area contributed by atoms with E-state index in [0.29, 0.717) is 0 Å². The van der Waals surface area contributed by atoms with Crippen LogP contribution in [0.2, 0.25) is 5.02 Å². The van der Waals surface area contributed by atoms with Crippen LogP contribution in [0.5, 0.6) is 5.75 Å². The summed E-state index contributed by atoms with van der Waals surface area (Å²) in [5, 5.41) is 9.88. The molecular weight excluding hydrogens is 295 g/mol. The Hall–Kier alpha value is -1.43. The third-order valence-electron chi connectivity index (χ3n) is 3.36. The monoisotopic (exact) mass is 307 g/mol. The minimum absolute atomic E-state index is 0.0226. The van der Waals surface area contributed by atoms with E-state index < -0.39 is 18.0 Å². The number of phenols is 1. The molecule has 1 fully saturated rings. The molecule has 0 bridgehead atoms. The van der Waals surface area contributed by atoms with Crippen LogP contribution < -0.4 is 0 Å². The number of nitrogens with zero attached hydrogens (tertiary/aromatic N) is 1. The van der Waals surface area contributed by atoms with E-state index in [2.05, 4.69) is 0 Å². The number of hydrogen-bond donors (Lipinski definition) is 1. The normalized spacial score (nSPS) is 20.0. The highest BCUT2D eigenvalue weighted by Gasteiger charge is 2.42. The van der Waals surface area contributed by atoms with E-state index in [-0.39, 0.29) is 42.3 Å². The fourth-order valence-corrected chi connectivity index (χ4v) is 2.45. The highest BCUT2D eigenvalue weighted by atomic mass is 35.5. The number of carbonyl (C=O) groups is 1. The van der Waals surface area contributed by atoms with Gasteiger partial charge in [-0.15, -0.1) is 0 Å². The Bertz CT molecular complexity index is 519. The van der Waals surface area contributed by atoms with Gasteiger partial charge in [-0.25, -0.2) is 0 Å². The standard InChI is InChI=1S/C13H13ClF3NO2/c14-9-3-4-11(19)10(6-9)12(20)18-5-1-2-8(7-18)13(15,16)17/h3-4,6,8,19H,1-2,5,7H2. The molecule has 2 rings (SSSR count). The molecule has 1 aliphatic rings. The Morgan fingerprint density at radius 3 is 2.75 bits per heavy atom. The van der Waals surface area contributed by atoms with Gasteiger partial charge in [-0.05, 0) is 31.0 Å². The zero-order valence-corrected chi connectivity index (χ0v) is 11.2. The molecule has 1 aliphatic heterocycles. The van der Waals surface area contributed by atoms with Crippen LogP contribution in [0.25, 0.3) is 0 Å². The first-order valence-corrected chi connectivity index (χ1v) is 6.51. The SMILES string of the molecule is O=C(c1cc(Cl)ccc1O)N1CCCC(C(F)(F)F)C1. The zero-order valence-electron chi connectivity index (χ0n) is 10.5. The van der Waals surface area contributed by atoms with Crippen molar-refractivity contribution < 1.29 is 23.1 Å². The van der Waals surface area contributed by atoms with Crippen molar-refractivity contribution >= 4 is 17.5 Å². The van der Waals surface area contributed by atoms with Crippen LogP contribution in [0.15, 0.2) is 18.2 Å². The van der Waals surface area contributed by atoms with E-state index in [1.807, 2.05) is 0 Å². The van der Waals surface area contributed by atoms with Crippen molar-refractivity contribution in [2.75, 3.05) is 13.1 Å². The summed E-state index contributed by atoms with van der Waals surface area (Å²) < 4.78 is 38.1. The summed E-state index contributed by atoms with van der Waals surface area (Å²) in [7, 11) is 0. The summed E-state index contributed by atoms with van der Waals surface area (Å²) in [6.45, 7) is -0.133. The van der Waals surface area contributed by atoms with Crippen molar-refractivity contribution in [1.29, 1.82) is 0 Å². The average molecular weight is 308 g/mol. The molecule has 1 saturated heterocycles. The average Bonchev–Trinajstić information content (AvgIpc) is 2.40. The van der Waals surface area contributed by atoms with Crippen LogP contribution in [-0.2, 0) is 0 Å². The van der Waals surface area contributed by atoms with E-state index in [1.54, 1.807) is 0 Å². The first-order valence-electron chi connectivity index (χ1n) is 6.13. The number of halogens is 4. The first kappa shape index (κ1) is 15.0. The highest BCUT2D eigenvalue weighted by molar-refractivity contribution is 6.31. The van der Waals surface area contributed by atoms with Crippen LogP contribution in [0.3, 0.4) is 0 Å². The van der Waals surface area contributed by atoms with Gasteiger partial charge in [0.1, 0.15) is 5.75 Å². The quantitative estimate of drug-likeness (QED) is 0.863. The lowest BCUT2D eigenvalue weighted by atomic mass is 9.97. The molecular formula is C13H13ClF3NO2. The van der Waals surface area contributed by atoms with Crippen molar-refractivity contribution in [2.24, 2.45) is 5.92 Å². The molecule has 0 aliphatic carbocycles. The van der Waals surface area contributed by atoms with Gasteiger partial charge in [0.15, 0.2) is 0 Å². The molecule has 3 nitrogen and oxygen atoms in total. The van der Waals surface area contributed by atoms with Crippen molar-refractivity contribution in [3.8, 4) is 5.75 Å². The van der Waals surface area contributed by atoms with Crippen molar-refractivity contribution in [2.45, 2.75) is 19.0 Å².